The SMILES string of the molecule is CCNC(C1CCOC2(CCOC2)C1)C1CCCC1C. The minimum Gasteiger partial charge on any atom is -0.378 e. The van der Waals surface area contributed by atoms with Crippen molar-refractivity contribution in [3.05, 3.63) is 0 Å². The largest absolute Gasteiger partial charge is 0.378 e. The van der Waals surface area contributed by atoms with Gasteiger partial charge in [-0.1, -0.05) is 26.7 Å². The molecule has 1 N–H and O–H groups in total. The maximum absolute atomic E-state index is 6.12. The molecule has 2 aliphatic heterocycles. The maximum atomic E-state index is 6.12. The molecule has 0 radical (unpaired) electrons. The van der Waals surface area contributed by atoms with Crippen LogP contribution in [-0.2, 0) is 9.47 Å². The molecule has 1 saturated carbocycles. The third-order valence-corrected chi connectivity index (χ3v) is 5.94. The van der Waals surface area contributed by atoms with E-state index in [1.165, 1.54) is 32.1 Å². The molecule has 0 bridgehead atoms. The van der Waals surface area contributed by atoms with Crippen LogP contribution in [0.1, 0.15) is 52.4 Å². The van der Waals surface area contributed by atoms with Crippen molar-refractivity contribution in [2.75, 3.05) is 26.4 Å². The lowest BCUT2D eigenvalue weighted by atomic mass is 9.74. The van der Waals surface area contributed by atoms with E-state index in [9.17, 15) is 0 Å². The fourth-order valence-electron chi connectivity index (χ4n) is 4.85. The van der Waals surface area contributed by atoms with Crippen LogP contribution in [-0.4, -0.2) is 38.0 Å². The zero-order valence-electron chi connectivity index (χ0n) is 13.2. The van der Waals surface area contributed by atoms with Gasteiger partial charge in [0.05, 0.1) is 12.2 Å². The molecule has 3 heteroatoms. The van der Waals surface area contributed by atoms with Gasteiger partial charge in [-0.2, -0.15) is 0 Å². The summed E-state index contributed by atoms with van der Waals surface area (Å²) in [6.07, 6.45) is 7.79. The van der Waals surface area contributed by atoms with Crippen molar-refractivity contribution in [2.45, 2.75) is 64.0 Å². The molecule has 116 valence electrons. The first-order valence-corrected chi connectivity index (χ1v) is 8.69. The fraction of sp³-hybridized carbons (Fsp3) is 1.00. The Morgan fingerprint density at radius 1 is 1.25 bits per heavy atom. The molecule has 0 aromatic rings. The van der Waals surface area contributed by atoms with E-state index in [1.807, 2.05) is 0 Å². The Morgan fingerprint density at radius 2 is 2.15 bits per heavy atom. The van der Waals surface area contributed by atoms with E-state index in [0.29, 0.717) is 6.04 Å². The van der Waals surface area contributed by atoms with Crippen molar-refractivity contribution in [1.29, 1.82) is 0 Å². The van der Waals surface area contributed by atoms with E-state index >= 15 is 0 Å². The highest BCUT2D eigenvalue weighted by Crippen LogP contribution is 2.42. The van der Waals surface area contributed by atoms with Crippen LogP contribution < -0.4 is 5.32 Å². The summed E-state index contributed by atoms with van der Waals surface area (Å²) >= 11 is 0. The third kappa shape index (κ3) is 2.90. The van der Waals surface area contributed by atoms with Crippen LogP contribution >= 0.6 is 0 Å². The standard InChI is InChI=1S/C17H31NO2/c1-3-18-16(15-6-4-5-13(15)2)14-7-9-20-17(11-14)8-10-19-12-17/h13-16,18H,3-12H2,1-2H3. The summed E-state index contributed by atoms with van der Waals surface area (Å²) in [5.41, 5.74) is 0.0540. The number of hydrogen-bond acceptors (Lipinski definition) is 3. The summed E-state index contributed by atoms with van der Waals surface area (Å²) < 4.78 is 11.7. The van der Waals surface area contributed by atoms with Gasteiger partial charge in [0.1, 0.15) is 0 Å². The van der Waals surface area contributed by atoms with Crippen molar-refractivity contribution in [2.24, 2.45) is 17.8 Å². The van der Waals surface area contributed by atoms with E-state index in [4.69, 9.17) is 9.47 Å². The van der Waals surface area contributed by atoms with Crippen molar-refractivity contribution >= 4 is 0 Å². The second-order valence-electron chi connectivity index (χ2n) is 7.24. The summed E-state index contributed by atoms with van der Waals surface area (Å²) in [6, 6.07) is 0.693. The molecule has 3 fully saturated rings. The highest BCUT2D eigenvalue weighted by Gasteiger charge is 2.45. The lowest BCUT2D eigenvalue weighted by molar-refractivity contribution is -0.106. The summed E-state index contributed by atoms with van der Waals surface area (Å²) in [5.74, 6) is 2.53. The molecule has 20 heavy (non-hydrogen) atoms. The van der Waals surface area contributed by atoms with Crippen LogP contribution in [0.25, 0.3) is 0 Å². The van der Waals surface area contributed by atoms with E-state index in [0.717, 1.165) is 50.5 Å². The zero-order chi connectivity index (χ0) is 14.0. The van der Waals surface area contributed by atoms with Crippen LogP contribution in [0.2, 0.25) is 0 Å². The highest BCUT2D eigenvalue weighted by atomic mass is 16.6. The number of nitrogens with one attached hydrogen (secondary N) is 1. The van der Waals surface area contributed by atoms with Crippen LogP contribution in [0.3, 0.4) is 0 Å². The molecule has 2 saturated heterocycles. The van der Waals surface area contributed by atoms with Crippen molar-refractivity contribution < 1.29 is 9.47 Å². The minimum atomic E-state index is 0.0540. The van der Waals surface area contributed by atoms with Gasteiger partial charge in [0.2, 0.25) is 0 Å². The van der Waals surface area contributed by atoms with Gasteiger partial charge < -0.3 is 14.8 Å². The monoisotopic (exact) mass is 281 g/mol. The maximum Gasteiger partial charge on any atom is 0.0939 e. The number of ether oxygens (including phenoxy) is 2. The predicted molar refractivity (Wildman–Crippen MR) is 80.8 cm³/mol. The lowest BCUT2D eigenvalue weighted by Crippen LogP contribution is -2.50. The normalized spacial score (nSPS) is 43.2. The predicted octanol–water partition coefficient (Wildman–Crippen LogP) is 2.99. The molecule has 5 atom stereocenters. The van der Waals surface area contributed by atoms with Gasteiger partial charge in [-0.3, -0.25) is 0 Å². The first-order chi connectivity index (χ1) is 9.74. The minimum absolute atomic E-state index is 0.0540. The molecule has 3 aliphatic rings. The van der Waals surface area contributed by atoms with Crippen LogP contribution in [0, 0.1) is 17.8 Å². The molecule has 1 spiro atoms. The first kappa shape index (κ1) is 14.8. The molecule has 2 heterocycles. The molecule has 0 amide bonds. The topological polar surface area (TPSA) is 30.5 Å². The molecule has 0 aromatic carbocycles. The second kappa shape index (κ2) is 6.33. The van der Waals surface area contributed by atoms with Gasteiger partial charge in [0.15, 0.2) is 0 Å². The Kier molecular flexibility index (Phi) is 4.68. The summed E-state index contributed by atoms with van der Waals surface area (Å²) in [5, 5.41) is 3.83. The van der Waals surface area contributed by atoms with E-state index < -0.39 is 0 Å². The number of hydrogen-bond donors (Lipinski definition) is 1. The first-order valence-electron chi connectivity index (χ1n) is 8.69. The fourth-order valence-corrected chi connectivity index (χ4v) is 4.85. The van der Waals surface area contributed by atoms with Gasteiger partial charge in [-0.15, -0.1) is 0 Å². The zero-order valence-corrected chi connectivity index (χ0v) is 13.2. The highest BCUT2D eigenvalue weighted by molar-refractivity contribution is 4.97. The molecule has 1 aliphatic carbocycles. The Balaban J connectivity index is 1.70. The van der Waals surface area contributed by atoms with Crippen molar-refractivity contribution in [3.63, 3.8) is 0 Å². The second-order valence-corrected chi connectivity index (χ2v) is 7.24. The van der Waals surface area contributed by atoms with Crippen LogP contribution in [0.5, 0.6) is 0 Å². The van der Waals surface area contributed by atoms with Gasteiger partial charge >= 0.3 is 0 Å². The summed E-state index contributed by atoms with van der Waals surface area (Å²) in [4.78, 5) is 0. The van der Waals surface area contributed by atoms with Crippen LogP contribution in [0.4, 0.5) is 0 Å². The Hall–Kier alpha value is -0.120. The number of rotatable bonds is 4. The third-order valence-electron chi connectivity index (χ3n) is 5.94. The quantitative estimate of drug-likeness (QED) is 0.859. The van der Waals surface area contributed by atoms with E-state index in [1.54, 1.807) is 0 Å². The van der Waals surface area contributed by atoms with Gasteiger partial charge in [-0.05, 0) is 43.6 Å². The average Bonchev–Trinajstić information content (AvgIpc) is 3.06. The summed E-state index contributed by atoms with van der Waals surface area (Å²) in [7, 11) is 0. The molecular formula is C17H31NO2. The van der Waals surface area contributed by atoms with E-state index in [-0.39, 0.29) is 5.60 Å². The molecule has 5 unspecified atom stereocenters. The van der Waals surface area contributed by atoms with Crippen molar-refractivity contribution in [1.82, 2.24) is 5.32 Å². The summed E-state index contributed by atoms with van der Waals surface area (Å²) in [6.45, 7) is 8.43. The van der Waals surface area contributed by atoms with Gasteiger partial charge in [0.25, 0.3) is 0 Å². The molecule has 3 nitrogen and oxygen atoms in total. The Morgan fingerprint density at radius 3 is 2.80 bits per heavy atom. The van der Waals surface area contributed by atoms with Crippen molar-refractivity contribution in [3.8, 4) is 0 Å². The molecular weight excluding hydrogens is 250 g/mol. The van der Waals surface area contributed by atoms with Gasteiger partial charge in [0, 0.05) is 25.7 Å². The van der Waals surface area contributed by atoms with Gasteiger partial charge in [-0.25, -0.2) is 0 Å². The average molecular weight is 281 g/mol. The van der Waals surface area contributed by atoms with Crippen LogP contribution in [0.15, 0.2) is 0 Å². The molecule has 0 aromatic heterocycles. The Bertz CT molecular complexity index is 314. The van der Waals surface area contributed by atoms with E-state index in [2.05, 4.69) is 19.2 Å². The lowest BCUT2D eigenvalue weighted by Gasteiger charge is -2.43. The Labute approximate surface area is 123 Å². The molecule has 3 rings (SSSR count). The smallest absolute Gasteiger partial charge is 0.0939 e.